The third kappa shape index (κ3) is 1.65. The van der Waals surface area contributed by atoms with Crippen LogP contribution in [0, 0.1) is 6.92 Å². The molecule has 0 aliphatic carbocycles. The van der Waals surface area contributed by atoms with E-state index in [0.29, 0.717) is 0 Å². The zero-order valence-corrected chi connectivity index (χ0v) is 6.20. The molecule has 0 spiro atoms. The maximum atomic E-state index is 4.12. The first-order chi connectivity index (χ1) is 4.83. The Kier molecular flexibility index (Phi) is 2.15. The van der Waals surface area contributed by atoms with Crippen LogP contribution in [0.15, 0.2) is 23.3 Å². The van der Waals surface area contributed by atoms with Gasteiger partial charge in [-0.1, -0.05) is 6.07 Å². The Morgan fingerprint density at radius 3 is 2.80 bits per heavy atom. The predicted molar refractivity (Wildman–Crippen MR) is 42.5 cm³/mol. The molecule has 0 amide bonds. The highest BCUT2D eigenvalue weighted by molar-refractivity contribution is 5.76. The minimum Gasteiger partial charge on any atom is -0.294 e. The quantitative estimate of drug-likeness (QED) is 0.533. The molecule has 0 aromatic carbocycles. The van der Waals surface area contributed by atoms with Gasteiger partial charge in [0.15, 0.2) is 0 Å². The lowest BCUT2D eigenvalue weighted by Crippen LogP contribution is -1.85. The van der Waals surface area contributed by atoms with Crippen LogP contribution in [-0.2, 0) is 0 Å². The summed E-state index contributed by atoms with van der Waals surface area (Å²) in [6.07, 6.45) is 3.57. The molecule has 0 saturated heterocycles. The average Bonchev–Trinajstić information content (AvgIpc) is 1.95. The molecule has 1 aromatic heterocycles. The molecule has 0 bridgehead atoms. The van der Waals surface area contributed by atoms with Gasteiger partial charge in [-0.05, 0) is 18.6 Å². The lowest BCUT2D eigenvalue weighted by molar-refractivity contribution is 1.24. The highest BCUT2D eigenvalue weighted by Gasteiger charge is 1.85. The lowest BCUT2D eigenvalue weighted by atomic mass is 10.3. The molecule has 2 nitrogen and oxygen atoms in total. The first kappa shape index (κ1) is 6.93. The Labute approximate surface area is 60.6 Å². The zero-order chi connectivity index (χ0) is 7.40. The number of rotatable bonds is 1. The van der Waals surface area contributed by atoms with Crippen molar-refractivity contribution in [3.8, 4) is 0 Å². The third-order valence-electron chi connectivity index (χ3n) is 1.20. The maximum Gasteiger partial charge on any atom is 0.0807 e. The SMILES string of the molecule is CN=Cc1ccc(C)cn1. The summed E-state index contributed by atoms with van der Waals surface area (Å²) >= 11 is 0. The Balaban J connectivity index is 2.89. The van der Waals surface area contributed by atoms with Gasteiger partial charge in [-0.15, -0.1) is 0 Å². The largest absolute Gasteiger partial charge is 0.294 e. The fraction of sp³-hybridized carbons (Fsp3) is 0.250. The average molecular weight is 134 g/mol. The van der Waals surface area contributed by atoms with E-state index in [-0.39, 0.29) is 0 Å². The summed E-state index contributed by atoms with van der Waals surface area (Å²) in [5.74, 6) is 0. The molecule has 52 valence electrons. The van der Waals surface area contributed by atoms with Crippen molar-refractivity contribution in [1.29, 1.82) is 0 Å². The van der Waals surface area contributed by atoms with Crippen molar-refractivity contribution >= 4 is 6.21 Å². The summed E-state index contributed by atoms with van der Waals surface area (Å²) in [4.78, 5) is 7.97. The van der Waals surface area contributed by atoms with Crippen LogP contribution < -0.4 is 0 Å². The summed E-state index contributed by atoms with van der Waals surface area (Å²) in [6, 6.07) is 3.96. The Bertz CT molecular complexity index is 224. The van der Waals surface area contributed by atoms with E-state index in [1.807, 2.05) is 25.3 Å². The molecular weight excluding hydrogens is 124 g/mol. The highest BCUT2D eigenvalue weighted by atomic mass is 14.7. The van der Waals surface area contributed by atoms with Gasteiger partial charge in [0.1, 0.15) is 0 Å². The summed E-state index contributed by atoms with van der Waals surface area (Å²) < 4.78 is 0. The number of nitrogens with zero attached hydrogens (tertiary/aromatic N) is 2. The molecule has 0 atom stereocenters. The van der Waals surface area contributed by atoms with Gasteiger partial charge in [-0.25, -0.2) is 0 Å². The van der Waals surface area contributed by atoms with Crippen LogP contribution in [0.25, 0.3) is 0 Å². The molecule has 0 aliphatic heterocycles. The van der Waals surface area contributed by atoms with Gasteiger partial charge in [0, 0.05) is 19.5 Å². The second-order valence-corrected chi connectivity index (χ2v) is 2.15. The minimum absolute atomic E-state index is 0.910. The van der Waals surface area contributed by atoms with Crippen molar-refractivity contribution in [3.63, 3.8) is 0 Å². The number of aliphatic imine (C=N–C) groups is 1. The van der Waals surface area contributed by atoms with E-state index in [0.717, 1.165) is 5.69 Å². The Morgan fingerprint density at radius 1 is 1.50 bits per heavy atom. The predicted octanol–water partition coefficient (Wildman–Crippen LogP) is 1.44. The van der Waals surface area contributed by atoms with Gasteiger partial charge in [0.2, 0.25) is 0 Å². The number of aromatic nitrogens is 1. The second kappa shape index (κ2) is 3.11. The highest BCUT2D eigenvalue weighted by Crippen LogP contribution is 1.94. The Morgan fingerprint density at radius 2 is 2.30 bits per heavy atom. The Hall–Kier alpha value is -1.18. The molecular formula is C8H10N2. The normalized spacial score (nSPS) is 10.6. The van der Waals surface area contributed by atoms with Crippen LogP contribution in [0.4, 0.5) is 0 Å². The first-order valence-corrected chi connectivity index (χ1v) is 3.18. The van der Waals surface area contributed by atoms with Gasteiger partial charge < -0.3 is 0 Å². The van der Waals surface area contributed by atoms with Crippen molar-refractivity contribution in [1.82, 2.24) is 4.98 Å². The van der Waals surface area contributed by atoms with E-state index in [1.54, 1.807) is 13.3 Å². The molecule has 0 unspecified atom stereocenters. The van der Waals surface area contributed by atoms with E-state index in [9.17, 15) is 0 Å². The molecule has 0 N–H and O–H groups in total. The van der Waals surface area contributed by atoms with Crippen molar-refractivity contribution in [3.05, 3.63) is 29.6 Å². The number of aryl methyl sites for hydroxylation is 1. The number of hydrogen-bond acceptors (Lipinski definition) is 2. The van der Waals surface area contributed by atoms with Crippen molar-refractivity contribution in [2.24, 2.45) is 4.99 Å². The van der Waals surface area contributed by atoms with Crippen LogP contribution >= 0.6 is 0 Å². The van der Waals surface area contributed by atoms with Crippen molar-refractivity contribution < 1.29 is 0 Å². The fourth-order valence-corrected chi connectivity index (χ4v) is 0.688. The van der Waals surface area contributed by atoms with Gasteiger partial charge in [0.25, 0.3) is 0 Å². The van der Waals surface area contributed by atoms with Crippen LogP contribution in [-0.4, -0.2) is 18.2 Å². The smallest absolute Gasteiger partial charge is 0.0807 e. The molecule has 0 fully saturated rings. The van der Waals surface area contributed by atoms with Crippen LogP contribution in [0.2, 0.25) is 0 Å². The van der Waals surface area contributed by atoms with E-state index in [1.165, 1.54) is 5.56 Å². The van der Waals surface area contributed by atoms with Crippen LogP contribution in [0.1, 0.15) is 11.3 Å². The van der Waals surface area contributed by atoms with E-state index in [2.05, 4.69) is 9.98 Å². The number of hydrogen-bond donors (Lipinski definition) is 0. The molecule has 10 heavy (non-hydrogen) atoms. The van der Waals surface area contributed by atoms with Gasteiger partial charge >= 0.3 is 0 Å². The summed E-state index contributed by atoms with van der Waals surface area (Å²) in [5, 5.41) is 0. The van der Waals surface area contributed by atoms with E-state index < -0.39 is 0 Å². The van der Waals surface area contributed by atoms with Crippen LogP contribution in [0.5, 0.6) is 0 Å². The van der Waals surface area contributed by atoms with E-state index >= 15 is 0 Å². The molecule has 0 aliphatic rings. The topological polar surface area (TPSA) is 25.2 Å². The summed E-state index contributed by atoms with van der Waals surface area (Å²) in [6.45, 7) is 2.01. The maximum absolute atomic E-state index is 4.12. The van der Waals surface area contributed by atoms with Gasteiger partial charge in [0.05, 0.1) is 5.69 Å². The monoisotopic (exact) mass is 134 g/mol. The van der Waals surface area contributed by atoms with Gasteiger partial charge in [-0.3, -0.25) is 9.98 Å². The first-order valence-electron chi connectivity index (χ1n) is 3.18. The number of pyridine rings is 1. The summed E-state index contributed by atoms with van der Waals surface area (Å²) in [5.41, 5.74) is 2.08. The minimum atomic E-state index is 0.910. The molecule has 0 radical (unpaired) electrons. The molecule has 1 heterocycles. The summed E-state index contributed by atoms with van der Waals surface area (Å²) in [7, 11) is 1.74. The van der Waals surface area contributed by atoms with Gasteiger partial charge in [-0.2, -0.15) is 0 Å². The standard InChI is InChI=1S/C8H10N2/c1-7-3-4-8(6-9-2)10-5-7/h3-6H,1-2H3. The zero-order valence-electron chi connectivity index (χ0n) is 6.20. The van der Waals surface area contributed by atoms with Crippen molar-refractivity contribution in [2.45, 2.75) is 6.92 Å². The molecule has 0 saturated carbocycles. The molecule has 1 rings (SSSR count). The molecule has 1 aromatic rings. The third-order valence-corrected chi connectivity index (χ3v) is 1.20. The van der Waals surface area contributed by atoms with Crippen LogP contribution in [0.3, 0.4) is 0 Å². The second-order valence-electron chi connectivity index (χ2n) is 2.15. The fourth-order valence-electron chi connectivity index (χ4n) is 0.688. The van der Waals surface area contributed by atoms with E-state index in [4.69, 9.17) is 0 Å². The molecule has 2 heteroatoms. The van der Waals surface area contributed by atoms with Crippen molar-refractivity contribution in [2.75, 3.05) is 7.05 Å². The lowest BCUT2D eigenvalue weighted by Gasteiger charge is -1.90.